The summed E-state index contributed by atoms with van der Waals surface area (Å²) in [7, 11) is 0. The molecule has 1 saturated heterocycles. The van der Waals surface area contributed by atoms with Crippen LogP contribution in [0.5, 0.6) is 11.5 Å². The van der Waals surface area contributed by atoms with Crippen LogP contribution in [0.15, 0.2) is 18.2 Å². The number of ether oxygens (including phenoxy) is 3. The lowest BCUT2D eigenvalue weighted by molar-refractivity contribution is 0.0235. The third-order valence-corrected chi connectivity index (χ3v) is 3.88. The van der Waals surface area contributed by atoms with Gasteiger partial charge in [0.05, 0.1) is 5.56 Å². The van der Waals surface area contributed by atoms with Crippen LogP contribution in [-0.4, -0.2) is 43.4 Å². The van der Waals surface area contributed by atoms with E-state index in [1.54, 1.807) is 18.2 Å². The smallest absolute Gasteiger partial charge is 0.338 e. The number of hydrogen-bond donors (Lipinski definition) is 0. The van der Waals surface area contributed by atoms with E-state index in [1.165, 1.54) is 19.3 Å². The van der Waals surface area contributed by atoms with Gasteiger partial charge in [0.2, 0.25) is 6.79 Å². The molecule has 2 heterocycles. The number of rotatable bonds is 4. The number of likely N-dealkylation sites (tertiary alicyclic amines) is 1. The van der Waals surface area contributed by atoms with Crippen molar-refractivity contribution < 1.29 is 19.0 Å². The molecule has 0 spiro atoms. The quantitative estimate of drug-likeness (QED) is 0.797. The predicted molar refractivity (Wildman–Crippen MR) is 77.7 cm³/mol. The summed E-state index contributed by atoms with van der Waals surface area (Å²) in [5, 5.41) is 0. The molecule has 3 rings (SSSR count). The maximum atomic E-state index is 12.2. The van der Waals surface area contributed by atoms with Crippen LogP contribution in [0.25, 0.3) is 0 Å². The van der Waals surface area contributed by atoms with Gasteiger partial charge < -0.3 is 14.2 Å². The number of benzene rings is 1. The molecule has 114 valence electrons. The van der Waals surface area contributed by atoms with Crippen molar-refractivity contribution in [1.29, 1.82) is 0 Å². The average Bonchev–Trinajstić information content (AvgIpc) is 2.95. The highest BCUT2D eigenvalue weighted by Crippen LogP contribution is 2.32. The minimum absolute atomic E-state index is 0.110. The van der Waals surface area contributed by atoms with Gasteiger partial charge in [-0.3, -0.25) is 4.90 Å². The van der Waals surface area contributed by atoms with Crippen molar-refractivity contribution in [2.24, 2.45) is 0 Å². The Balaban J connectivity index is 1.55. The Kier molecular flexibility index (Phi) is 4.29. The lowest BCUT2D eigenvalue weighted by atomic mass is 10.1. The van der Waals surface area contributed by atoms with Gasteiger partial charge in [-0.05, 0) is 51.1 Å². The van der Waals surface area contributed by atoms with Crippen LogP contribution in [0, 0.1) is 0 Å². The molecule has 0 unspecified atom stereocenters. The Bertz CT molecular complexity index is 511. The first kappa shape index (κ1) is 14.2. The fourth-order valence-electron chi connectivity index (χ4n) is 2.82. The number of nitrogens with zero attached hydrogens (tertiary/aromatic N) is 1. The van der Waals surface area contributed by atoms with Crippen molar-refractivity contribution in [3.8, 4) is 11.5 Å². The molecule has 0 radical (unpaired) electrons. The summed E-state index contributed by atoms with van der Waals surface area (Å²) in [6.45, 7) is 5.16. The Morgan fingerprint density at radius 3 is 2.81 bits per heavy atom. The van der Waals surface area contributed by atoms with Crippen molar-refractivity contribution in [3.05, 3.63) is 23.8 Å². The van der Waals surface area contributed by atoms with Crippen molar-refractivity contribution >= 4 is 5.97 Å². The number of esters is 1. The maximum absolute atomic E-state index is 12.2. The first-order valence-electron chi connectivity index (χ1n) is 7.55. The zero-order chi connectivity index (χ0) is 14.7. The summed E-state index contributed by atoms with van der Waals surface area (Å²) in [6.07, 6.45) is 3.68. The second-order valence-electron chi connectivity index (χ2n) is 5.65. The van der Waals surface area contributed by atoms with E-state index in [0.717, 1.165) is 19.6 Å². The van der Waals surface area contributed by atoms with Crippen LogP contribution in [-0.2, 0) is 4.74 Å². The van der Waals surface area contributed by atoms with E-state index in [9.17, 15) is 4.79 Å². The highest BCUT2D eigenvalue weighted by Gasteiger charge is 2.20. The fraction of sp³-hybridized carbons (Fsp3) is 0.562. The van der Waals surface area contributed by atoms with Crippen LogP contribution in [0.3, 0.4) is 0 Å². The van der Waals surface area contributed by atoms with E-state index < -0.39 is 0 Å². The summed E-state index contributed by atoms with van der Waals surface area (Å²) in [5.41, 5.74) is 0.504. The van der Waals surface area contributed by atoms with Gasteiger partial charge in [-0.25, -0.2) is 4.79 Å². The Morgan fingerprint density at radius 1 is 1.24 bits per heavy atom. The van der Waals surface area contributed by atoms with E-state index in [4.69, 9.17) is 14.2 Å². The standard InChI is InChI=1S/C16H21NO4/c1-12(10-17-7-3-2-4-8-17)21-16(18)13-5-6-14-15(9-13)20-11-19-14/h5-6,9,12H,2-4,7-8,10-11H2,1H3/t12-/m0/s1. The molecule has 0 aromatic heterocycles. The number of fused-ring (bicyclic) bond motifs is 1. The van der Waals surface area contributed by atoms with E-state index >= 15 is 0 Å². The predicted octanol–water partition coefficient (Wildman–Crippen LogP) is 2.45. The first-order chi connectivity index (χ1) is 10.2. The van der Waals surface area contributed by atoms with Crippen molar-refractivity contribution in [2.75, 3.05) is 26.4 Å². The van der Waals surface area contributed by atoms with E-state index in [2.05, 4.69) is 4.90 Å². The molecule has 0 N–H and O–H groups in total. The summed E-state index contributed by atoms with van der Waals surface area (Å²) in [4.78, 5) is 14.5. The molecular weight excluding hydrogens is 270 g/mol. The monoisotopic (exact) mass is 291 g/mol. The molecule has 0 saturated carbocycles. The summed E-state index contributed by atoms with van der Waals surface area (Å²) >= 11 is 0. The molecule has 0 amide bonds. The topological polar surface area (TPSA) is 48.0 Å². The fourth-order valence-corrected chi connectivity index (χ4v) is 2.82. The van der Waals surface area contributed by atoms with Gasteiger partial charge in [0.15, 0.2) is 11.5 Å². The highest BCUT2D eigenvalue weighted by atomic mass is 16.7. The zero-order valence-corrected chi connectivity index (χ0v) is 12.3. The summed E-state index contributed by atoms with van der Waals surface area (Å²) < 4.78 is 16.0. The minimum Gasteiger partial charge on any atom is -0.458 e. The second kappa shape index (κ2) is 6.35. The second-order valence-corrected chi connectivity index (χ2v) is 5.65. The number of piperidine rings is 1. The van der Waals surface area contributed by atoms with Crippen molar-refractivity contribution in [2.45, 2.75) is 32.3 Å². The number of hydrogen-bond acceptors (Lipinski definition) is 5. The molecule has 1 fully saturated rings. The van der Waals surface area contributed by atoms with Gasteiger partial charge in [0.1, 0.15) is 6.10 Å². The van der Waals surface area contributed by atoms with Gasteiger partial charge in [-0.1, -0.05) is 6.42 Å². The van der Waals surface area contributed by atoms with Gasteiger partial charge >= 0.3 is 5.97 Å². The van der Waals surface area contributed by atoms with Gasteiger partial charge in [0.25, 0.3) is 0 Å². The van der Waals surface area contributed by atoms with E-state index in [-0.39, 0.29) is 18.9 Å². The van der Waals surface area contributed by atoms with Crippen LogP contribution in [0.2, 0.25) is 0 Å². The summed E-state index contributed by atoms with van der Waals surface area (Å²) in [6, 6.07) is 5.13. The molecule has 1 aromatic rings. The summed E-state index contributed by atoms with van der Waals surface area (Å²) in [5.74, 6) is 0.971. The Labute approximate surface area is 124 Å². The number of carbonyl (C=O) groups is 1. The Morgan fingerprint density at radius 2 is 2.00 bits per heavy atom. The van der Waals surface area contributed by atoms with Crippen LogP contribution in [0.4, 0.5) is 0 Å². The highest BCUT2D eigenvalue weighted by molar-refractivity contribution is 5.90. The molecule has 5 heteroatoms. The molecule has 1 aromatic carbocycles. The zero-order valence-electron chi connectivity index (χ0n) is 12.3. The lowest BCUT2D eigenvalue weighted by Crippen LogP contribution is -2.37. The lowest BCUT2D eigenvalue weighted by Gasteiger charge is -2.28. The third kappa shape index (κ3) is 3.47. The van der Waals surface area contributed by atoms with Gasteiger partial charge in [0, 0.05) is 6.54 Å². The molecule has 0 aliphatic carbocycles. The molecular formula is C16H21NO4. The van der Waals surface area contributed by atoms with Crippen LogP contribution < -0.4 is 9.47 Å². The van der Waals surface area contributed by atoms with Crippen molar-refractivity contribution in [1.82, 2.24) is 4.90 Å². The molecule has 2 aliphatic rings. The maximum Gasteiger partial charge on any atom is 0.338 e. The molecule has 0 bridgehead atoms. The minimum atomic E-state index is -0.308. The molecule has 21 heavy (non-hydrogen) atoms. The van der Waals surface area contributed by atoms with Gasteiger partial charge in [-0.2, -0.15) is 0 Å². The molecule has 2 aliphatic heterocycles. The van der Waals surface area contributed by atoms with Crippen LogP contribution >= 0.6 is 0 Å². The third-order valence-electron chi connectivity index (χ3n) is 3.88. The van der Waals surface area contributed by atoms with Crippen molar-refractivity contribution in [3.63, 3.8) is 0 Å². The number of carbonyl (C=O) groups excluding carboxylic acids is 1. The SMILES string of the molecule is C[C@@H](CN1CCCCC1)OC(=O)c1ccc2c(c1)OCO2. The first-order valence-corrected chi connectivity index (χ1v) is 7.55. The van der Waals surface area contributed by atoms with Gasteiger partial charge in [-0.15, -0.1) is 0 Å². The molecule has 1 atom stereocenters. The van der Waals surface area contributed by atoms with Crippen LogP contribution in [0.1, 0.15) is 36.5 Å². The van der Waals surface area contributed by atoms with E-state index in [0.29, 0.717) is 17.1 Å². The molecule has 5 nitrogen and oxygen atoms in total. The normalized spacial score (nSPS) is 19.3. The largest absolute Gasteiger partial charge is 0.458 e. The average molecular weight is 291 g/mol. The Hall–Kier alpha value is -1.75. The van der Waals surface area contributed by atoms with E-state index in [1.807, 2.05) is 6.92 Å².